The molecule has 198 valence electrons. The van der Waals surface area contributed by atoms with E-state index in [0.29, 0.717) is 23.5 Å². The lowest BCUT2D eigenvalue weighted by atomic mass is 9.91. The Kier molecular flexibility index (Phi) is 7.64. The highest BCUT2D eigenvalue weighted by molar-refractivity contribution is 6.20. The molecule has 0 bridgehead atoms. The summed E-state index contributed by atoms with van der Waals surface area (Å²) in [6, 6.07) is 29.5. The molecule has 2 aliphatic rings. The Morgan fingerprint density at radius 1 is 0.744 bits per heavy atom. The van der Waals surface area contributed by atoms with Crippen LogP contribution >= 0.6 is 0 Å². The molecule has 1 heterocycles. The van der Waals surface area contributed by atoms with Crippen LogP contribution in [0.3, 0.4) is 0 Å². The van der Waals surface area contributed by atoms with Gasteiger partial charge in [0, 0.05) is 17.7 Å². The van der Waals surface area contributed by atoms with Crippen molar-refractivity contribution in [3.8, 4) is 0 Å². The first-order valence-electron chi connectivity index (χ1n) is 13.1. The van der Waals surface area contributed by atoms with Crippen LogP contribution < -0.4 is 0 Å². The van der Waals surface area contributed by atoms with Crippen molar-refractivity contribution in [2.45, 2.75) is 26.0 Å². The number of unbranched alkanes of at least 4 members (excludes halogenated alkanes) is 1. The van der Waals surface area contributed by atoms with Gasteiger partial charge < -0.3 is 19.1 Å². The zero-order valence-electron chi connectivity index (χ0n) is 22.3. The number of carbonyl (C=O) groups is 2. The van der Waals surface area contributed by atoms with Crippen LogP contribution in [0.1, 0.15) is 42.7 Å². The summed E-state index contributed by atoms with van der Waals surface area (Å²) in [6.07, 6.45) is 1.38. The molecule has 0 spiro atoms. The molecule has 0 fully saturated rings. The number of hydrogen-bond donors (Lipinski definition) is 0. The Bertz CT molecular complexity index is 1460. The van der Waals surface area contributed by atoms with E-state index in [1.807, 2.05) is 91.0 Å². The first kappa shape index (κ1) is 26.0. The summed E-state index contributed by atoms with van der Waals surface area (Å²) in [5, 5.41) is 0. The molecular weight excluding hydrogens is 490 g/mol. The van der Waals surface area contributed by atoms with E-state index in [-0.39, 0.29) is 11.1 Å². The molecule has 0 amide bonds. The molecule has 0 saturated heterocycles. The number of hydrogen-bond acceptors (Lipinski definition) is 6. The van der Waals surface area contributed by atoms with Crippen LogP contribution in [-0.4, -0.2) is 37.6 Å². The molecule has 1 aliphatic heterocycles. The van der Waals surface area contributed by atoms with Crippen molar-refractivity contribution in [3.05, 3.63) is 130 Å². The van der Waals surface area contributed by atoms with E-state index in [4.69, 9.17) is 14.2 Å². The minimum atomic E-state index is -0.657. The molecule has 0 aromatic heterocycles. The van der Waals surface area contributed by atoms with Gasteiger partial charge in [0.05, 0.1) is 31.1 Å². The molecule has 6 nitrogen and oxygen atoms in total. The SMILES string of the molecule is CCCCN1C(c2ccccc2)=C2C(=C(C(=O)OC)C(C(=O)OC)=C2c2ccccc2)OC1c1ccccc1. The van der Waals surface area contributed by atoms with E-state index < -0.39 is 18.2 Å². The smallest absolute Gasteiger partial charge is 0.342 e. The maximum Gasteiger partial charge on any atom is 0.342 e. The fourth-order valence-corrected chi connectivity index (χ4v) is 5.21. The molecule has 6 heteroatoms. The summed E-state index contributed by atoms with van der Waals surface area (Å²) in [7, 11) is 2.62. The van der Waals surface area contributed by atoms with Crippen molar-refractivity contribution in [2.24, 2.45) is 0 Å². The topological polar surface area (TPSA) is 65.1 Å². The molecular formula is C33H31NO5. The predicted octanol–water partition coefficient (Wildman–Crippen LogP) is 6.30. The number of rotatable bonds is 8. The highest BCUT2D eigenvalue weighted by Crippen LogP contribution is 2.53. The molecule has 3 aromatic rings. The molecule has 39 heavy (non-hydrogen) atoms. The molecule has 0 radical (unpaired) electrons. The molecule has 1 atom stereocenters. The number of methoxy groups -OCH3 is 2. The zero-order valence-corrected chi connectivity index (χ0v) is 22.3. The molecule has 0 saturated carbocycles. The number of esters is 2. The lowest BCUT2D eigenvalue weighted by Crippen LogP contribution is -2.35. The lowest BCUT2D eigenvalue weighted by Gasteiger charge is -2.42. The Hall–Kier alpha value is -4.58. The van der Waals surface area contributed by atoms with E-state index in [1.54, 1.807) is 0 Å². The van der Waals surface area contributed by atoms with Gasteiger partial charge in [-0.25, -0.2) is 9.59 Å². The highest BCUT2D eigenvalue weighted by atomic mass is 16.5. The summed E-state index contributed by atoms with van der Waals surface area (Å²) in [6.45, 7) is 2.86. The Morgan fingerprint density at radius 2 is 1.28 bits per heavy atom. The second-order valence-electron chi connectivity index (χ2n) is 9.32. The van der Waals surface area contributed by atoms with Gasteiger partial charge in [0.1, 0.15) is 11.3 Å². The van der Waals surface area contributed by atoms with Crippen molar-refractivity contribution in [1.29, 1.82) is 0 Å². The van der Waals surface area contributed by atoms with Crippen molar-refractivity contribution in [3.63, 3.8) is 0 Å². The largest absolute Gasteiger partial charge is 0.465 e. The average Bonchev–Trinajstić information content (AvgIpc) is 3.34. The Balaban J connectivity index is 1.92. The number of ether oxygens (including phenoxy) is 3. The maximum absolute atomic E-state index is 13.4. The minimum absolute atomic E-state index is 0.0720. The molecule has 0 N–H and O–H groups in total. The first-order valence-corrected chi connectivity index (χ1v) is 13.1. The van der Waals surface area contributed by atoms with Crippen LogP contribution in [-0.2, 0) is 23.8 Å². The predicted molar refractivity (Wildman–Crippen MR) is 150 cm³/mol. The molecule has 3 aromatic carbocycles. The van der Waals surface area contributed by atoms with E-state index in [1.165, 1.54) is 14.2 Å². The van der Waals surface area contributed by atoms with Gasteiger partial charge in [-0.1, -0.05) is 104 Å². The number of nitrogens with zero attached hydrogens (tertiary/aromatic N) is 1. The minimum Gasteiger partial charge on any atom is -0.465 e. The fourth-order valence-electron chi connectivity index (χ4n) is 5.21. The number of fused-ring (bicyclic) bond motifs is 1. The van der Waals surface area contributed by atoms with Gasteiger partial charge in [0.2, 0.25) is 0 Å². The van der Waals surface area contributed by atoms with Crippen LogP contribution in [0.2, 0.25) is 0 Å². The van der Waals surface area contributed by atoms with E-state index in [2.05, 4.69) is 11.8 Å². The molecule has 5 rings (SSSR count). The number of benzene rings is 3. The van der Waals surface area contributed by atoms with Crippen LogP contribution in [0.25, 0.3) is 11.3 Å². The Morgan fingerprint density at radius 3 is 1.85 bits per heavy atom. The maximum atomic E-state index is 13.4. The van der Waals surface area contributed by atoms with Crippen molar-refractivity contribution in [2.75, 3.05) is 20.8 Å². The van der Waals surface area contributed by atoms with Crippen LogP contribution in [0.5, 0.6) is 0 Å². The normalized spacial score (nSPS) is 16.7. The standard InChI is InChI=1S/C33H31NO5/c1-4-5-21-34-29(23-17-11-7-12-18-23)27-25(22-15-9-6-10-16-22)26(32(35)37-2)28(33(36)38-3)30(27)39-31(34)24-19-13-8-14-20-24/h6-20,31H,4-5,21H2,1-3H3. The third kappa shape index (κ3) is 4.74. The monoisotopic (exact) mass is 521 g/mol. The number of carbonyl (C=O) groups excluding carboxylic acids is 2. The van der Waals surface area contributed by atoms with E-state index in [0.717, 1.165) is 35.2 Å². The van der Waals surface area contributed by atoms with Crippen LogP contribution in [0.4, 0.5) is 0 Å². The van der Waals surface area contributed by atoms with Gasteiger partial charge in [0.15, 0.2) is 6.23 Å². The zero-order chi connectivity index (χ0) is 27.4. The van der Waals surface area contributed by atoms with Crippen molar-refractivity contribution >= 4 is 23.2 Å². The third-order valence-electron chi connectivity index (χ3n) is 6.97. The lowest BCUT2D eigenvalue weighted by molar-refractivity contribution is -0.139. The molecule has 1 unspecified atom stereocenters. The average molecular weight is 522 g/mol. The van der Waals surface area contributed by atoms with Crippen LogP contribution in [0, 0.1) is 0 Å². The first-order chi connectivity index (χ1) is 19.1. The fraction of sp³-hybridized carbons (Fsp3) is 0.212. The van der Waals surface area contributed by atoms with Gasteiger partial charge in [-0.15, -0.1) is 0 Å². The summed E-state index contributed by atoms with van der Waals surface area (Å²) < 4.78 is 17.2. The quantitative estimate of drug-likeness (QED) is 0.324. The molecule has 1 aliphatic carbocycles. The van der Waals surface area contributed by atoms with E-state index >= 15 is 0 Å². The van der Waals surface area contributed by atoms with Gasteiger partial charge in [-0.05, 0) is 17.5 Å². The van der Waals surface area contributed by atoms with Gasteiger partial charge in [-0.3, -0.25) is 0 Å². The van der Waals surface area contributed by atoms with Gasteiger partial charge in [0.25, 0.3) is 0 Å². The summed E-state index contributed by atoms with van der Waals surface area (Å²) in [5.41, 5.74) is 5.02. The van der Waals surface area contributed by atoms with Crippen LogP contribution in [0.15, 0.2) is 113 Å². The van der Waals surface area contributed by atoms with Gasteiger partial charge >= 0.3 is 11.9 Å². The summed E-state index contributed by atoms with van der Waals surface area (Å²) in [5.74, 6) is -0.965. The second-order valence-corrected chi connectivity index (χ2v) is 9.32. The van der Waals surface area contributed by atoms with Crippen molar-refractivity contribution in [1.82, 2.24) is 4.90 Å². The van der Waals surface area contributed by atoms with Crippen molar-refractivity contribution < 1.29 is 23.8 Å². The number of allylic oxidation sites excluding steroid dienone is 1. The second kappa shape index (κ2) is 11.4. The highest BCUT2D eigenvalue weighted by Gasteiger charge is 2.46. The summed E-state index contributed by atoms with van der Waals surface area (Å²) >= 11 is 0. The van der Waals surface area contributed by atoms with E-state index in [9.17, 15) is 9.59 Å². The third-order valence-corrected chi connectivity index (χ3v) is 6.97. The summed E-state index contributed by atoms with van der Waals surface area (Å²) in [4.78, 5) is 29.0. The van der Waals surface area contributed by atoms with Gasteiger partial charge in [-0.2, -0.15) is 0 Å². The Labute approximate surface area is 228 Å².